The Hall–Kier alpha value is -3.33. The molecule has 4 rings (SSSR count). The number of pyridine rings is 1. The zero-order valence-corrected chi connectivity index (χ0v) is 22.6. The average Bonchev–Trinajstić information content (AvgIpc) is 3.25. The standard InChI is InChI=1S/C23H23N3O8S3/c1-14-12-24-18(15(2)22(14)34-4)13-35(27)23-25-17-11-16(33-3)9-10-19(17)26(23)36(28,29)20-7-5-6-8-21(20)37(30,31)32/h5-12H,13H2,1-4H3,(H,30,31,32). The zero-order chi connectivity index (χ0) is 27.1. The van der Waals surface area contributed by atoms with Crippen molar-refractivity contribution in [2.75, 3.05) is 14.2 Å². The highest BCUT2D eigenvalue weighted by molar-refractivity contribution is 7.92. The Kier molecular flexibility index (Phi) is 7.12. The predicted molar refractivity (Wildman–Crippen MR) is 136 cm³/mol. The van der Waals surface area contributed by atoms with Gasteiger partial charge in [-0.2, -0.15) is 8.42 Å². The molecule has 0 saturated carbocycles. The number of ether oxygens (including phenoxy) is 2. The first-order valence-corrected chi connectivity index (χ1v) is 14.9. The van der Waals surface area contributed by atoms with E-state index in [1.807, 2.05) is 6.92 Å². The van der Waals surface area contributed by atoms with E-state index >= 15 is 0 Å². The molecule has 1 atom stereocenters. The van der Waals surface area contributed by atoms with Gasteiger partial charge < -0.3 is 9.47 Å². The highest BCUT2D eigenvalue weighted by Crippen LogP contribution is 2.32. The molecule has 1 N–H and O–H groups in total. The molecule has 1 unspecified atom stereocenters. The molecule has 0 radical (unpaired) electrons. The van der Waals surface area contributed by atoms with Gasteiger partial charge in [-0.05, 0) is 38.1 Å². The maximum absolute atomic E-state index is 13.9. The topological polar surface area (TPSA) is 155 Å². The van der Waals surface area contributed by atoms with Crippen LogP contribution in [0.3, 0.4) is 0 Å². The molecular formula is C23H23N3O8S3. The highest BCUT2D eigenvalue weighted by Gasteiger charge is 2.32. The summed E-state index contributed by atoms with van der Waals surface area (Å²) in [6, 6.07) is 8.96. The van der Waals surface area contributed by atoms with Gasteiger partial charge in [0.1, 0.15) is 21.3 Å². The van der Waals surface area contributed by atoms with E-state index in [2.05, 4.69) is 9.97 Å². The van der Waals surface area contributed by atoms with Crippen molar-refractivity contribution < 1.29 is 35.1 Å². The Balaban J connectivity index is 1.96. The van der Waals surface area contributed by atoms with Crippen molar-refractivity contribution in [3.05, 3.63) is 65.5 Å². The second kappa shape index (κ2) is 9.85. The van der Waals surface area contributed by atoms with Gasteiger partial charge in [0.05, 0.1) is 47.5 Å². The van der Waals surface area contributed by atoms with E-state index in [-0.39, 0.29) is 21.9 Å². The maximum Gasteiger partial charge on any atom is 0.295 e. The molecule has 14 heteroatoms. The van der Waals surface area contributed by atoms with Crippen LogP contribution in [0, 0.1) is 13.8 Å². The zero-order valence-electron chi connectivity index (χ0n) is 20.2. The highest BCUT2D eigenvalue weighted by atomic mass is 32.2. The van der Waals surface area contributed by atoms with Crippen LogP contribution in [0.2, 0.25) is 0 Å². The summed E-state index contributed by atoms with van der Waals surface area (Å²) in [5, 5.41) is -0.353. The summed E-state index contributed by atoms with van der Waals surface area (Å²) in [6.07, 6.45) is 1.56. The minimum absolute atomic E-state index is 0.0421. The number of fused-ring (bicyclic) bond motifs is 1. The lowest BCUT2D eigenvalue weighted by Gasteiger charge is -2.14. The first kappa shape index (κ1) is 26.7. The summed E-state index contributed by atoms with van der Waals surface area (Å²) < 4.78 is 86.3. The van der Waals surface area contributed by atoms with Gasteiger partial charge >= 0.3 is 0 Å². The number of rotatable bonds is 8. The molecule has 0 amide bonds. The quantitative estimate of drug-likeness (QED) is 0.315. The maximum atomic E-state index is 13.9. The first-order valence-electron chi connectivity index (χ1n) is 10.7. The molecule has 0 aliphatic heterocycles. The van der Waals surface area contributed by atoms with Gasteiger partial charge in [-0.25, -0.2) is 17.4 Å². The molecule has 0 aliphatic rings. The molecule has 2 aromatic heterocycles. The van der Waals surface area contributed by atoms with Crippen LogP contribution >= 0.6 is 0 Å². The average molecular weight is 566 g/mol. The van der Waals surface area contributed by atoms with Gasteiger partial charge in [0.25, 0.3) is 20.1 Å². The second-order valence-electron chi connectivity index (χ2n) is 7.98. The van der Waals surface area contributed by atoms with Crippen molar-refractivity contribution in [1.82, 2.24) is 13.9 Å². The predicted octanol–water partition coefficient (Wildman–Crippen LogP) is 2.86. The van der Waals surface area contributed by atoms with E-state index in [0.717, 1.165) is 21.7 Å². The molecule has 11 nitrogen and oxygen atoms in total. The van der Waals surface area contributed by atoms with Crippen molar-refractivity contribution in [3.63, 3.8) is 0 Å². The number of methoxy groups -OCH3 is 2. The van der Waals surface area contributed by atoms with Crippen LogP contribution in [0.4, 0.5) is 0 Å². The molecule has 2 heterocycles. The normalized spacial score (nSPS) is 13.0. The summed E-state index contributed by atoms with van der Waals surface area (Å²) in [5.74, 6) is 0.749. The van der Waals surface area contributed by atoms with Crippen LogP contribution in [-0.2, 0) is 36.7 Å². The number of imidazole rings is 1. The summed E-state index contributed by atoms with van der Waals surface area (Å²) in [6.45, 7) is 3.56. The Morgan fingerprint density at radius 2 is 1.68 bits per heavy atom. The van der Waals surface area contributed by atoms with Gasteiger partial charge in [0.2, 0.25) is 5.16 Å². The van der Waals surface area contributed by atoms with Gasteiger partial charge in [-0.15, -0.1) is 0 Å². The van der Waals surface area contributed by atoms with Crippen LogP contribution in [-0.4, -0.2) is 53.8 Å². The lowest BCUT2D eigenvalue weighted by atomic mass is 10.1. The van der Waals surface area contributed by atoms with Crippen LogP contribution in [0.1, 0.15) is 16.8 Å². The molecule has 37 heavy (non-hydrogen) atoms. The largest absolute Gasteiger partial charge is 0.497 e. The van der Waals surface area contributed by atoms with Crippen LogP contribution in [0.25, 0.3) is 11.0 Å². The van der Waals surface area contributed by atoms with Gasteiger partial charge in [0.15, 0.2) is 0 Å². The molecule has 2 aromatic carbocycles. The molecule has 0 fully saturated rings. The minimum atomic E-state index is -4.90. The molecule has 0 aliphatic carbocycles. The van der Waals surface area contributed by atoms with Crippen LogP contribution in [0.15, 0.2) is 63.6 Å². The number of nitrogens with zero attached hydrogens (tertiary/aromatic N) is 3. The summed E-state index contributed by atoms with van der Waals surface area (Å²) in [4.78, 5) is 7.15. The fraction of sp³-hybridized carbons (Fsp3) is 0.217. The van der Waals surface area contributed by atoms with Crippen molar-refractivity contribution >= 4 is 42.0 Å². The Bertz CT molecular complexity index is 1760. The smallest absolute Gasteiger partial charge is 0.295 e. The van der Waals surface area contributed by atoms with Crippen molar-refractivity contribution in [2.45, 2.75) is 34.5 Å². The number of benzene rings is 2. The minimum Gasteiger partial charge on any atom is -0.497 e. The van der Waals surface area contributed by atoms with E-state index in [0.29, 0.717) is 22.8 Å². The van der Waals surface area contributed by atoms with Crippen LogP contribution < -0.4 is 9.47 Å². The van der Waals surface area contributed by atoms with Gasteiger partial charge in [-0.1, -0.05) is 12.1 Å². The van der Waals surface area contributed by atoms with Crippen molar-refractivity contribution in [2.24, 2.45) is 0 Å². The summed E-state index contributed by atoms with van der Waals surface area (Å²) >= 11 is 0. The molecule has 196 valence electrons. The lowest BCUT2D eigenvalue weighted by Crippen LogP contribution is -2.20. The number of aryl methyl sites for hydroxylation is 1. The fourth-order valence-corrected chi connectivity index (χ4v) is 8.23. The summed E-state index contributed by atoms with van der Waals surface area (Å²) in [7, 11) is -8.75. The van der Waals surface area contributed by atoms with Gasteiger partial charge in [0, 0.05) is 23.4 Å². The third-order valence-corrected chi connectivity index (χ3v) is 9.79. The Labute approximate surface area is 216 Å². The fourth-order valence-electron chi connectivity index (χ4n) is 3.90. The van der Waals surface area contributed by atoms with Gasteiger partial charge in [-0.3, -0.25) is 13.7 Å². The Morgan fingerprint density at radius 1 is 1.00 bits per heavy atom. The second-order valence-corrected chi connectivity index (χ2v) is 12.5. The molecule has 0 saturated heterocycles. The van der Waals surface area contributed by atoms with E-state index in [4.69, 9.17) is 9.47 Å². The third-order valence-electron chi connectivity index (χ3n) is 5.66. The lowest BCUT2D eigenvalue weighted by molar-refractivity contribution is 0.407. The van der Waals surface area contributed by atoms with Crippen molar-refractivity contribution in [3.8, 4) is 11.5 Å². The number of aromatic nitrogens is 3. The van der Waals surface area contributed by atoms with E-state index in [1.165, 1.54) is 44.6 Å². The van der Waals surface area contributed by atoms with E-state index in [1.54, 1.807) is 13.1 Å². The summed E-state index contributed by atoms with van der Waals surface area (Å²) in [5.41, 5.74) is 2.02. The Morgan fingerprint density at radius 3 is 2.30 bits per heavy atom. The van der Waals surface area contributed by atoms with Crippen LogP contribution in [0.5, 0.6) is 11.5 Å². The monoisotopic (exact) mass is 565 g/mol. The number of hydrogen-bond donors (Lipinski definition) is 1. The number of hydrogen-bond acceptors (Lipinski definition) is 9. The third kappa shape index (κ3) is 4.84. The van der Waals surface area contributed by atoms with E-state index < -0.39 is 40.7 Å². The van der Waals surface area contributed by atoms with E-state index in [9.17, 15) is 25.6 Å². The first-order chi connectivity index (χ1) is 17.4. The molecular weight excluding hydrogens is 542 g/mol. The molecule has 0 bridgehead atoms. The SMILES string of the molecule is COc1ccc2c(c1)nc(S(=O)Cc1ncc(C)c(OC)c1C)n2S(=O)(=O)c1ccccc1S(=O)(=O)O. The van der Waals surface area contributed by atoms with Crippen molar-refractivity contribution in [1.29, 1.82) is 0 Å². The molecule has 0 spiro atoms. The molecule has 4 aromatic rings.